The summed E-state index contributed by atoms with van der Waals surface area (Å²) >= 11 is 0. The van der Waals surface area contributed by atoms with Gasteiger partial charge in [0.15, 0.2) is 0 Å². The average molecular weight is 381 g/mol. The van der Waals surface area contributed by atoms with Gasteiger partial charge in [0.1, 0.15) is 12.2 Å². The number of carbonyl (C=O) groups is 2. The monoisotopic (exact) mass is 380 g/mol. The Morgan fingerprint density at radius 3 is 1.78 bits per heavy atom. The van der Waals surface area contributed by atoms with E-state index in [1.807, 2.05) is 0 Å². The normalized spacial score (nSPS) is 30.3. The molecule has 3 unspecified atom stereocenters. The van der Waals surface area contributed by atoms with E-state index in [-0.39, 0.29) is 36.5 Å². The van der Waals surface area contributed by atoms with Crippen LogP contribution in [0.5, 0.6) is 0 Å². The Labute approximate surface area is 163 Å². The molecule has 3 rings (SSSR count). The minimum Gasteiger partial charge on any atom is -0.446 e. The van der Waals surface area contributed by atoms with Crippen LogP contribution < -0.4 is 10.6 Å². The Bertz CT molecular complexity index is 487. The Morgan fingerprint density at radius 2 is 1.22 bits per heavy atom. The van der Waals surface area contributed by atoms with E-state index in [1.54, 1.807) is 0 Å². The summed E-state index contributed by atoms with van der Waals surface area (Å²) in [7, 11) is 0. The zero-order valence-electron chi connectivity index (χ0n) is 16.7. The molecule has 154 valence electrons. The Hall–Kier alpha value is -1.46. The first kappa shape index (κ1) is 20.3. The third kappa shape index (κ3) is 6.58. The molecule has 3 fully saturated rings. The van der Waals surface area contributed by atoms with Crippen LogP contribution in [-0.2, 0) is 9.47 Å². The molecule has 0 aromatic rings. The molecule has 6 heteroatoms. The first-order valence-corrected chi connectivity index (χ1v) is 11.0. The lowest BCUT2D eigenvalue weighted by Gasteiger charge is -2.35. The van der Waals surface area contributed by atoms with Crippen molar-refractivity contribution in [1.29, 1.82) is 0 Å². The van der Waals surface area contributed by atoms with Gasteiger partial charge in [0.05, 0.1) is 0 Å². The molecule has 27 heavy (non-hydrogen) atoms. The van der Waals surface area contributed by atoms with Gasteiger partial charge in [0.25, 0.3) is 0 Å². The first-order chi connectivity index (χ1) is 13.1. The van der Waals surface area contributed by atoms with Crippen molar-refractivity contribution in [3.63, 3.8) is 0 Å². The maximum atomic E-state index is 12.3. The molecule has 3 atom stereocenters. The lowest BCUT2D eigenvalue weighted by Crippen LogP contribution is -2.50. The molecule has 0 bridgehead atoms. The van der Waals surface area contributed by atoms with Crippen molar-refractivity contribution in [3.8, 4) is 0 Å². The first-order valence-electron chi connectivity index (χ1n) is 11.0. The molecule has 0 spiro atoms. The summed E-state index contributed by atoms with van der Waals surface area (Å²) in [5.74, 6) is 0.385. The Kier molecular flexibility index (Phi) is 7.65. The van der Waals surface area contributed by atoms with Crippen LogP contribution in [0.25, 0.3) is 0 Å². The number of carbonyl (C=O) groups excluding carboxylic acids is 2. The van der Waals surface area contributed by atoms with Gasteiger partial charge in [0, 0.05) is 12.1 Å². The number of ether oxygens (including phenoxy) is 2. The van der Waals surface area contributed by atoms with E-state index in [0.717, 1.165) is 70.6 Å². The molecule has 3 saturated carbocycles. The highest BCUT2D eigenvalue weighted by Gasteiger charge is 2.31. The Morgan fingerprint density at radius 1 is 0.704 bits per heavy atom. The van der Waals surface area contributed by atoms with E-state index >= 15 is 0 Å². The summed E-state index contributed by atoms with van der Waals surface area (Å²) in [6, 6.07) is 0.0899. The summed E-state index contributed by atoms with van der Waals surface area (Å²) in [6.45, 7) is 2.15. The largest absolute Gasteiger partial charge is 0.446 e. The van der Waals surface area contributed by atoms with Crippen molar-refractivity contribution in [2.24, 2.45) is 5.92 Å². The highest BCUT2D eigenvalue weighted by Crippen LogP contribution is 2.26. The third-order valence-corrected chi connectivity index (χ3v) is 6.47. The SMILES string of the molecule is CC1CCC(NC(=O)OC2CCCCC2)CC1NC(=O)OC1CCCCC1. The summed E-state index contributed by atoms with van der Waals surface area (Å²) in [5, 5.41) is 6.07. The van der Waals surface area contributed by atoms with Crippen LogP contribution in [-0.4, -0.2) is 36.5 Å². The molecule has 6 nitrogen and oxygen atoms in total. The molecule has 2 amide bonds. The molecule has 0 aromatic heterocycles. The lowest BCUT2D eigenvalue weighted by molar-refractivity contribution is 0.0644. The van der Waals surface area contributed by atoms with Gasteiger partial charge in [-0.3, -0.25) is 0 Å². The summed E-state index contributed by atoms with van der Waals surface area (Å²) < 4.78 is 11.2. The van der Waals surface area contributed by atoms with E-state index in [0.29, 0.717) is 5.92 Å². The van der Waals surface area contributed by atoms with Gasteiger partial charge in [-0.2, -0.15) is 0 Å². The number of nitrogens with one attached hydrogen (secondary N) is 2. The topological polar surface area (TPSA) is 76.7 Å². The van der Waals surface area contributed by atoms with Gasteiger partial charge >= 0.3 is 12.2 Å². The molecule has 0 radical (unpaired) electrons. The maximum absolute atomic E-state index is 12.3. The zero-order chi connectivity index (χ0) is 19.1. The smallest absolute Gasteiger partial charge is 0.407 e. The summed E-state index contributed by atoms with van der Waals surface area (Å²) in [6.07, 6.45) is 13.2. The van der Waals surface area contributed by atoms with Crippen molar-refractivity contribution < 1.29 is 19.1 Å². The van der Waals surface area contributed by atoms with Crippen molar-refractivity contribution >= 4 is 12.2 Å². The van der Waals surface area contributed by atoms with Crippen molar-refractivity contribution in [2.75, 3.05) is 0 Å². The summed E-state index contributed by atoms with van der Waals surface area (Å²) in [5.41, 5.74) is 0. The number of rotatable bonds is 4. The molecule has 2 N–H and O–H groups in total. The van der Waals surface area contributed by atoms with Crippen LogP contribution >= 0.6 is 0 Å². The molecule has 3 aliphatic rings. The highest BCUT2D eigenvalue weighted by molar-refractivity contribution is 5.68. The van der Waals surface area contributed by atoms with Crippen LogP contribution in [0.15, 0.2) is 0 Å². The van der Waals surface area contributed by atoms with Crippen molar-refractivity contribution in [2.45, 2.75) is 115 Å². The van der Waals surface area contributed by atoms with Crippen LogP contribution in [0.1, 0.15) is 90.4 Å². The fourth-order valence-electron chi connectivity index (χ4n) is 4.71. The minimum atomic E-state index is -0.302. The van der Waals surface area contributed by atoms with E-state index in [2.05, 4.69) is 17.6 Å². The van der Waals surface area contributed by atoms with Crippen LogP contribution in [0.4, 0.5) is 9.59 Å². The highest BCUT2D eigenvalue weighted by atomic mass is 16.6. The summed E-state index contributed by atoms with van der Waals surface area (Å²) in [4.78, 5) is 24.5. The van der Waals surface area contributed by atoms with Crippen LogP contribution in [0.2, 0.25) is 0 Å². The van der Waals surface area contributed by atoms with E-state index in [9.17, 15) is 9.59 Å². The standard InChI is InChI=1S/C21H36N2O4/c1-15-12-13-16(22-20(24)26-17-8-4-2-5-9-17)14-19(15)23-21(25)27-18-10-6-3-7-11-18/h15-19H,2-14H2,1H3,(H,22,24)(H,23,25). The predicted molar refractivity (Wildman–Crippen MR) is 104 cm³/mol. The van der Waals surface area contributed by atoms with Crippen LogP contribution in [0, 0.1) is 5.92 Å². The average Bonchev–Trinajstić information content (AvgIpc) is 2.66. The molecule has 3 aliphatic carbocycles. The van der Waals surface area contributed by atoms with Crippen molar-refractivity contribution in [3.05, 3.63) is 0 Å². The quantitative estimate of drug-likeness (QED) is 0.743. The number of amides is 2. The minimum absolute atomic E-state index is 0.0369. The van der Waals surface area contributed by atoms with Crippen LogP contribution in [0.3, 0.4) is 0 Å². The zero-order valence-corrected chi connectivity index (χ0v) is 16.7. The second kappa shape index (κ2) is 10.2. The van der Waals surface area contributed by atoms with E-state index in [4.69, 9.17) is 9.47 Å². The van der Waals surface area contributed by atoms with Gasteiger partial charge in [-0.1, -0.05) is 19.8 Å². The number of hydrogen-bond donors (Lipinski definition) is 2. The van der Waals surface area contributed by atoms with E-state index in [1.165, 1.54) is 12.8 Å². The van der Waals surface area contributed by atoms with Crippen molar-refractivity contribution in [1.82, 2.24) is 10.6 Å². The molecule has 0 saturated heterocycles. The van der Waals surface area contributed by atoms with E-state index < -0.39 is 0 Å². The fraction of sp³-hybridized carbons (Fsp3) is 0.905. The lowest BCUT2D eigenvalue weighted by atomic mass is 9.83. The fourth-order valence-corrected chi connectivity index (χ4v) is 4.71. The number of alkyl carbamates (subject to hydrolysis) is 2. The molecule has 0 aromatic carbocycles. The second-order valence-electron chi connectivity index (χ2n) is 8.71. The molecular formula is C21H36N2O4. The van der Waals surface area contributed by atoms with Gasteiger partial charge in [0.2, 0.25) is 0 Å². The third-order valence-electron chi connectivity index (χ3n) is 6.47. The van der Waals surface area contributed by atoms with Gasteiger partial charge in [-0.15, -0.1) is 0 Å². The Balaban J connectivity index is 1.41. The maximum Gasteiger partial charge on any atom is 0.407 e. The molecule has 0 aliphatic heterocycles. The van der Waals surface area contributed by atoms with Gasteiger partial charge < -0.3 is 20.1 Å². The molecular weight excluding hydrogens is 344 g/mol. The molecule has 0 heterocycles. The second-order valence-corrected chi connectivity index (χ2v) is 8.71. The van der Waals surface area contributed by atoms with Gasteiger partial charge in [-0.05, 0) is 76.5 Å². The predicted octanol–water partition coefficient (Wildman–Crippen LogP) is 4.66. The number of hydrogen-bond acceptors (Lipinski definition) is 4. The van der Waals surface area contributed by atoms with Gasteiger partial charge in [-0.25, -0.2) is 9.59 Å².